The van der Waals surface area contributed by atoms with Gasteiger partial charge in [0.25, 0.3) is 0 Å². The van der Waals surface area contributed by atoms with Gasteiger partial charge in [-0.3, -0.25) is 0 Å². The van der Waals surface area contributed by atoms with Crippen molar-refractivity contribution in [3.05, 3.63) is 0 Å². The molecule has 2 rings (SSSR count). The van der Waals surface area contributed by atoms with Crippen LogP contribution >= 0.6 is 0 Å². The summed E-state index contributed by atoms with van der Waals surface area (Å²) in [5.74, 6) is 0.376. The Bertz CT molecular complexity index is 276. The summed E-state index contributed by atoms with van der Waals surface area (Å²) in [4.78, 5) is 0. The second-order valence-corrected chi connectivity index (χ2v) is 7.08. The molecule has 0 aromatic heterocycles. The molecule has 0 aromatic carbocycles. The number of ether oxygens (including phenoxy) is 2. The number of hydrogen-bond donors (Lipinski definition) is 1. The fraction of sp³-hybridized carbons (Fsp3) is 1.00. The van der Waals surface area contributed by atoms with Crippen LogP contribution in [0.25, 0.3) is 0 Å². The highest BCUT2D eigenvalue weighted by Gasteiger charge is 2.41. The molecule has 2 aliphatic rings. The first kappa shape index (κ1) is 15.3. The fourth-order valence-electron chi connectivity index (χ4n) is 3.69. The van der Waals surface area contributed by atoms with E-state index in [1.807, 2.05) is 13.8 Å². The molecule has 0 amide bonds. The summed E-state index contributed by atoms with van der Waals surface area (Å²) in [5, 5.41) is 10.5. The largest absolute Gasteiger partial charge is 0.393 e. The van der Waals surface area contributed by atoms with E-state index < -0.39 is 0 Å². The highest BCUT2D eigenvalue weighted by Crippen LogP contribution is 2.42. The SMILES string of the molecule is COC(C)(C)CC(O)C1CCOC2(CCCCC2)C1. The molecule has 19 heavy (non-hydrogen) atoms. The number of methoxy groups -OCH3 is 1. The van der Waals surface area contributed by atoms with Crippen molar-refractivity contribution >= 4 is 0 Å². The minimum atomic E-state index is -0.266. The summed E-state index contributed by atoms with van der Waals surface area (Å²) < 4.78 is 11.5. The summed E-state index contributed by atoms with van der Waals surface area (Å²) in [6.07, 6.45) is 8.75. The number of rotatable bonds is 4. The van der Waals surface area contributed by atoms with Crippen molar-refractivity contribution in [3.8, 4) is 0 Å². The fourth-order valence-corrected chi connectivity index (χ4v) is 3.69. The van der Waals surface area contributed by atoms with Crippen molar-refractivity contribution in [3.63, 3.8) is 0 Å². The Morgan fingerprint density at radius 3 is 2.63 bits per heavy atom. The molecular formula is C16H30O3. The highest BCUT2D eigenvalue weighted by atomic mass is 16.5. The normalized spacial score (nSPS) is 29.4. The summed E-state index contributed by atoms with van der Waals surface area (Å²) >= 11 is 0. The molecule has 3 heteroatoms. The van der Waals surface area contributed by atoms with Crippen molar-refractivity contribution in [1.82, 2.24) is 0 Å². The summed E-state index contributed by atoms with van der Waals surface area (Å²) in [6, 6.07) is 0. The lowest BCUT2D eigenvalue weighted by molar-refractivity contribution is -0.140. The molecular weight excluding hydrogens is 240 g/mol. The van der Waals surface area contributed by atoms with Crippen LogP contribution in [-0.4, -0.2) is 36.1 Å². The van der Waals surface area contributed by atoms with Gasteiger partial charge in [0, 0.05) is 20.1 Å². The van der Waals surface area contributed by atoms with Crippen LogP contribution in [0.2, 0.25) is 0 Å². The minimum Gasteiger partial charge on any atom is -0.393 e. The van der Waals surface area contributed by atoms with E-state index in [9.17, 15) is 5.11 Å². The molecule has 1 saturated heterocycles. The number of aliphatic hydroxyl groups excluding tert-OH is 1. The molecule has 0 radical (unpaired) electrons. The Hall–Kier alpha value is -0.120. The van der Waals surface area contributed by atoms with Gasteiger partial charge in [-0.1, -0.05) is 19.3 Å². The van der Waals surface area contributed by atoms with Crippen molar-refractivity contribution in [1.29, 1.82) is 0 Å². The van der Waals surface area contributed by atoms with Gasteiger partial charge < -0.3 is 14.6 Å². The van der Waals surface area contributed by atoms with Gasteiger partial charge in [0.15, 0.2) is 0 Å². The van der Waals surface area contributed by atoms with Gasteiger partial charge in [0.2, 0.25) is 0 Å². The Morgan fingerprint density at radius 1 is 1.32 bits per heavy atom. The van der Waals surface area contributed by atoms with Crippen LogP contribution in [0.4, 0.5) is 0 Å². The first-order valence-electron chi connectivity index (χ1n) is 7.84. The van der Waals surface area contributed by atoms with E-state index in [-0.39, 0.29) is 17.3 Å². The molecule has 1 saturated carbocycles. The predicted octanol–water partition coefficient (Wildman–Crippen LogP) is 3.29. The summed E-state index contributed by atoms with van der Waals surface area (Å²) in [6.45, 7) is 4.91. The van der Waals surface area contributed by atoms with Gasteiger partial charge >= 0.3 is 0 Å². The van der Waals surface area contributed by atoms with Crippen LogP contribution in [0, 0.1) is 5.92 Å². The first-order chi connectivity index (χ1) is 8.96. The van der Waals surface area contributed by atoms with E-state index in [0.717, 1.165) is 19.4 Å². The second kappa shape index (κ2) is 6.11. The molecule has 0 bridgehead atoms. The van der Waals surface area contributed by atoms with E-state index in [2.05, 4.69) is 0 Å². The van der Waals surface area contributed by atoms with Crippen molar-refractivity contribution in [2.75, 3.05) is 13.7 Å². The van der Waals surface area contributed by atoms with Crippen molar-refractivity contribution in [2.24, 2.45) is 5.92 Å². The van der Waals surface area contributed by atoms with E-state index in [0.29, 0.717) is 12.3 Å². The second-order valence-electron chi connectivity index (χ2n) is 7.08. The van der Waals surface area contributed by atoms with E-state index in [4.69, 9.17) is 9.47 Å². The maximum atomic E-state index is 10.5. The van der Waals surface area contributed by atoms with Crippen LogP contribution in [0.3, 0.4) is 0 Å². The Labute approximate surface area is 117 Å². The lowest BCUT2D eigenvalue weighted by Crippen LogP contribution is -2.45. The maximum absolute atomic E-state index is 10.5. The average Bonchev–Trinajstić information content (AvgIpc) is 2.39. The molecule has 112 valence electrons. The molecule has 1 N–H and O–H groups in total. The molecule has 1 heterocycles. The monoisotopic (exact) mass is 270 g/mol. The molecule has 2 fully saturated rings. The zero-order valence-electron chi connectivity index (χ0n) is 12.8. The zero-order valence-corrected chi connectivity index (χ0v) is 12.8. The molecule has 0 aromatic rings. The molecule has 2 atom stereocenters. The highest BCUT2D eigenvalue weighted by molar-refractivity contribution is 4.92. The molecule has 2 unspecified atom stereocenters. The van der Waals surface area contributed by atoms with Gasteiger partial charge in [-0.2, -0.15) is 0 Å². The standard InChI is InChI=1S/C16H30O3/c1-15(2,18-3)12-14(17)13-7-10-19-16(11-13)8-5-4-6-9-16/h13-14,17H,4-12H2,1-3H3. The molecule has 3 nitrogen and oxygen atoms in total. The third-order valence-corrected chi connectivity index (χ3v) is 5.09. The van der Waals surface area contributed by atoms with Crippen molar-refractivity contribution < 1.29 is 14.6 Å². The van der Waals surface area contributed by atoms with Gasteiger partial charge in [-0.05, 0) is 45.4 Å². The maximum Gasteiger partial charge on any atom is 0.0686 e. The van der Waals surface area contributed by atoms with Gasteiger partial charge in [-0.25, -0.2) is 0 Å². The Balaban J connectivity index is 1.93. The lowest BCUT2D eigenvalue weighted by atomic mass is 9.73. The summed E-state index contributed by atoms with van der Waals surface area (Å²) in [5.41, 5.74) is -0.156. The summed E-state index contributed by atoms with van der Waals surface area (Å²) in [7, 11) is 1.72. The predicted molar refractivity (Wildman–Crippen MR) is 76.2 cm³/mol. The lowest BCUT2D eigenvalue weighted by Gasteiger charge is -2.45. The van der Waals surface area contributed by atoms with E-state index in [1.54, 1.807) is 7.11 Å². The van der Waals surface area contributed by atoms with Crippen LogP contribution in [0.1, 0.15) is 65.2 Å². The zero-order chi connectivity index (χ0) is 13.9. The van der Waals surface area contributed by atoms with E-state index >= 15 is 0 Å². The molecule has 1 spiro atoms. The van der Waals surface area contributed by atoms with Gasteiger partial charge in [0.05, 0.1) is 17.3 Å². The quantitative estimate of drug-likeness (QED) is 0.852. The van der Waals surface area contributed by atoms with Crippen LogP contribution in [0.5, 0.6) is 0 Å². The smallest absolute Gasteiger partial charge is 0.0686 e. The van der Waals surface area contributed by atoms with Crippen LogP contribution < -0.4 is 0 Å². The average molecular weight is 270 g/mol. The van der Waals surface area contributed by atoms with Crippen molar-refractivity contribution in [2.45, 2.75) is 82.5 Å². The Kier molecular flexibility index (Phi) is 4.91. The third kappa shape index (κ3) is 3.93. The Morgan fingerprint density at radius 2 is 2.00 bits per heavy atom. The van der Waals surface area contributed by atoms with Gasteiger partial charge in [-0.15, -0.1) is 0 Å². The molecule has 1 aliphatic heterocycles. The first-order valence-corrected chi connectivity index (χ1v) is 7.84. The topological polar surface area (TPSA) is 38.7 Å². The molecule has 1 aliphatic carbocycles. The van der Waals surface area contributed by atoms with Gasteiger partial charge in [0.1, 0.15) is 0 Å². The van der Waals surface area contributed by atoms with Crippen LogP contribution in [0.15, 0.2) is 0 Å². The van der Waals surface area contributed by atoms with E-state index in [1.165, 1.54) is 32.1 Å². The minimum absolute atomic E-state index is 0.0827. The number of hydrogen-bond acceptors (Lipinski definition) is 3. The number of aliphatic hydroxyl groups is 1. The third-order valence-electron chi connectivity index (χ3n) is 5.09. The van der Waals surface area contributed by atoms with Crippen LogP contribution in [-0.2, 0) is 9.47 Å².